The summed E-state index contributed by atoms with van der Waals surface area (Å²) in [4.78, 5) is 44.0. The van der Waals surface area contributed by atoms with Crippen molar-refractivity contribution in [3.63, 3.8) is 0 Å². The Morgan fingerprint density at radius 1 is 1.06 bits per heavy atom. The molecule has 0 spiro atoms. The lowest BCUT2D eigenvalue weighted by molar-refractivity contribution is -0.163. The molecule has 0 saturated carbocycles. The maximum atomic E-state index is 13.8. The summed E-state index contributed by atoms with van der Waals surface area (Å²) in [7, 11) is 0. The first-order valence-electron chi connectivity index (χ1n) is 12.6. The molecule has 2 saturated heterocycles. The number of amides is 2. The number of allylic oxidation sites excluding steroid dienone is 1. The Kier molecular flexibility index (Phi) is 7.51. The Morgan fingerprint density at radius 2 is 1.79 bits per heavy atom. The molecule has 4 rings (SSSR count). The van der Waals surface area contributed by atoms with Gasteiger partial charge in [0, 0.05) is 31.1 Å². The van der Waals surface area contributed by atoms with Crippen molar-refractivity contribution in [1.82, 2.24) is 9.80 Å². The molecule has 0 unspecified atom stereocenters. The molecule has 178 valence electrons. The highest BCUT2D eigenvalue weighted by Crippen LogP contribution is 2.50. The summed E-state index contributed by atoms with van der Waals surface area (Å²) >= 11 is 0. The number of hydrogen-bond acceptors (Lipinski definition) is 4. The smallest absolute Gasteiger partial charge is 0.318 e. The second kappa shape index (κ2) is 10.5. The number of likely N-dealkylation sites (tertiary alicyclic amines) is 2. The number of esters is 1. The van der Waals surface area contributed by atoms with E-state index in [0.29, 0.717) is 26.0 Å². The fraction of sp³-hybridized carbons (Fsp3) is 0.593. The molecule has 1 aliphatic carbocycles. The van der Waals surface area contributed by atoms with Crippen molar-refractivity contribution in [1.29, 1.82) is 0 Å². The van der Waals surface area contributed by atoms with E-state index in [4.69, 9.17) is 4.74 Å². The zero-order chi connectivity index (χ0) is 23.3. The molecule has 2 aliphatic heterocycles. The van der Waals surface area contributed by atoms with Crippen LogP contribution in [-0.4, -0.2) is 47.3 Å². The van der Waals surface area contributed by atoms with Crippen LogP contribution in [0.1, 0.15) is 70.3 Å². The summed E-state index contributed by atoms with van der Waals surface area (Å²) in [5.41, 5.74) is 0.940. The molecule has 2 fully saturated rings. The molecule has 2 amide bonds. The Balaban J connectivity index is 1.64. The largest absolute Gasteiger partial charge is 0.465 e. The van der Waals surface area contributed by atoms with Gasteiger partial charge in [-0.15, -0.1) is 0 Å². The number of carbonyl (C=O) groups is 3. The van der Waals surface area contributed by atoms with Gasteiger partial charge in [-0.25, -0.2) is 0 Å². The average Bonchev–Trinajstić information content (AvgIpc) is 3.12. The summed E-state index contributed by atoms with van der Waals surface area (Å²) in [6, 6.07) is 9.85. The second-order valence-electron chi connectivity index (χ2n) is 9.59. The summed E-state index contributed by atoms with van der Waals surface area (Å²) < 4.78 is 5.55. The van der Waals surface area contributed by atoms with Gasteiger partial charge in [0.25, 0.3) is 0 Å². The average molecular weight is 453 g/mol. The molecule has 0 aromatic heterocycles. The van der Waals surface area contributed by atoms with Crippen molar-refractivity contribution in [3.8, 4) is 0 Å². The van der Waals surface area contributed by atoms with Gasteiger partial charge in [-0.05, 0) is 51.0 Å². The molecule has 1 aromatic rings. The fourth-order valence-electron chi connectivity index (χ4n) is 5.70. The van der Waals surface area contributed by atoms with E-state index >= 15 is 0 Å². The molecule has 0 radical (unpaired) electrons. The van der Waals surface area contributed by atoms with Crippen molar-refractivity contribution in [2.24, 2.45) is 11.3 Å². The normalized spacial score (nSPS) is 25.7. The third kappa shape index (κ3) is 4.99. The third-order valence-corrected chi connectivity index (χ3v) is 7.37. The lowest BCUT2D eigenvalue weighted by Crippen LogP contribution is -2.54. The Hall–Kier alpha value is -2.63. The minimum atomic E-state index is -0.847. The first kappa shape index (κ1) is 23.5. The number of hydrogen-bond donors (Lipinski definition) is 0. The Labute approximate surface area is 197 Å². The van der Waals surface area contributed by atoms with Crippen molar-refractivity contribution < 1.29 is 19.1 Å². The summed E-state index contributed by atoms with van der Waals surface area (Å²) in [5.74, 6) is -0.773. The van der Waals surface area contributed by atoms with Crippen molar-refractivity contribution in [3.05, 3.63) is 47.7 Å². The standard InChI is InChI=1S/C27H36N2O4/c1-2-33-26(32)27-15-9-8-14-23(27)29(20-21-12-6-5-7-13-21)25(31)22(19-27)18-24(30)28-16-10-3-4-11-17-28/h5-7,12-14,22H,2-4,8-11,15-20H2,1H3/t22-,27+/m1/s1. The predicted octanol–water partition coefficient (Wildman–Crippen LogP) is 4.45. The van der Waals surface area contributed by atoms with Crippen LogP contribution in [0.3, 0.4) is 0 Å². The number of rotatable bonds is 6. The van der Waals surface area contributed by atoms with Gasteiger partial charge in [0.2, 0.25) is 11.8 Å². The van der Waals surface area contributed by atoms with Crippen LogP contribution in [0.2, 0.25) is 0 Å². The molecule has 1 aromatic carbocycles. The SMILES string of the molecule is CCOC(=O)[C@]12CCCC=C1N(Cc1ccccc1)C(=O)[C@H](CC(=O)N1CCCCCC1)C2. The minimum absolute atomic E-state index is 0.0390. The number of benzene rings is 1. The van der Waals surface area contributed by atoms with Gasteiger partial charge in [0.15, 0.2) is 0 Å². The van der Waals surface area contributed by atoms with Gasteiger partial charge in [-0.3, -0.25) is 14.4 Å². The predicted molar refractivity (Wildman–Crippen MR) is 126 cm³/mol. The molecular formula is C27H36N2O4. The number of fused-ring (bicyclic) bond motifs is 1. The molecule has 0 N–H and O–H groups in total. The van der Waals surface area contributed by atoms with Gasteiger partial charge in [0.1, 0.15) is 5.41 Å². The number of ether oxygens (including phenoxy) is 1. The monoisotopic (exact) mass is 452 g/mol. The maximum Gasteiger partial charge on any atom is 0.318 e. The second-order valence-corrected chi connectivity index (χ2v) is 9.59. The van der Waals surface area contributed by atoms with Crippen LogP contribution in [0.5, 0.6) is 0 Å². The summed E-state index contributed by atoms with van der Waals surface area (Å²) in [5, 5.41) is 0. The van der Waals surface area contributed by atoms with E-state index in [9.17, 15) is 14.4 Å². The molecule has 3 aliphatic rings. The first-order chi connectivity index (χ1) is 16.0. The highest BCUT2D eigenvalue weighted by molar-refractivity contribution is 5.92. The maximum absolute atomic E-state index is 13.8. The van der Waals surface area contributed by atoms with Gasteiger partial charge in [-0.1, -0.05) is 49.2 Å². The zero-order valence-electron chi connectivity index (χ0n) is 19.8. The van der Waals surface area contributed by atoms with Gasteiger partial charge in [0.05, 0.1) is 13.2 Å². The Bertz CT molecular complexity index is 889. The molecular weight excluding hydrogens is 416 g/mol. The summed E-state index contributed by atoms with van der Waals surface area (Å²) in [6.07, 6.45) is 9.29. The van der Waals surface area contributed by atoms with Gasteiger partial charge < -0.3 is 14.5 Å². The van der Waals surface area contributed by atoms with Gasteiger partial charge in [-0.2, -0.15) is 0 Å². The van der Waals surface area contributed by atoms with Crippen LogP contribution in [-0.2, 0) is 25.7 Å². The number of carbonyl (C=O) groups excluding carboxylic acids is 3. The van der Waals surface area contributed by atoms with E-state index in [1.807, 2.05) is 48.2 Å². The molecule has 33 heavy (non-hydrogen) atoms. The van der Waals surface area contributed by atoms with E-state index in [2.05, 4.69) is 0 Å². The molecule has 0 bridgehead atoms. The van der Waals surface area contributed by atoms with Crippen molar-refractivity contribution in [2.45, 2.75) is 71.3 Å². The van der Waals surface area contributed by atoms with Gasteiger partial charge >= 0.3 is 5.97 Å². The van der Waals surface area contributed by atoms with Crippen molar-refractivity contribution >= 4 is 17.8 Å². The van der Waals surface area contributed by atoms with Crippen LogP contribution in [0, 0.1) is 11.3 Å². The molecule has 2 atom stereocenters. The molecule has 6 nitrogen and oxygen atoms in total. The van der Waals surface area contributed by atoms with Crippen LogP contribution in [0.15, 0.2) is 42.1 Å². The van der Waals surface area contributed by atoms with Crippen LogP contribution < -0.4 is 0 Å². The van der Waals surface area contributed by atoms with E-state index < -0.39 is 11.3 Å². The topological polar surface area (TPSA) is 66.9 Å². The lowest BCUT2D eigenvalue weighted by Gasteiger charge is -2.48. The molecule has 6 heteroatoms. The van der Waals surface area contributed by atoms with Crippen LogP contribution >= 0.6 is 0 Å². The quantitative estimate of drug-likeness (QED) is 0.599. The number of piperidine rings is 1. The zero-order valence-corrected chi connectivity index (χ0v) is 19.8. The lowest BCUT2D eigenvalue weighted by atomic mass is 9.66. The molecule has 2 heterocycles. The fourth-order valence-corrected chi connectivity index (χ4v) is 5.70. The highest BCUT2D eigenvalue weighted by Gasteiger charge is 2.54. The number of nitrogens with zero attached hydrogens (tertiary/aromatic N) is 2. The van der Waals surface area contributed by atoms with Crippen LogP contribution in [0.25, 0.3) is 0 Å². The van der Waals surface area contributed by atoms with Crippen molar-refractivity contribution in [2.75, 3.05) is 19.7 Å². The highest BCUT2D eigenvalue weighted by atomic mass is 16.5. The first-order valence-corrected chi connectivity index (χ1v) is 12.6. The third-order valence-electron chi connectivity index (χ3n) is 7.37. The van der Waals surface area contributed by atoms with E-state index in [1.54, 1.807) is 4.90 Å². The Morgan fingerprint density at radius 3 is 2.48 bits per heavy atom. The van der Waals surface area contributed by atoms with E-state index in [0.717, 1.165) is 62.9 Å². The van der Waals surface area contributed by atoms with E-state index in [-0.39, 0.29) is 24.2 Å². The summed E-state index contributed by atoms with van der Waals surface area (Å²) in [6.45, 7) is 4.05. The van der Waals surface area contributed by atoms with Crippen LogP contribution in [0.4, 0.5) is 0 Å². The van der Waals surface area contributed by atoms with E-state index in [1.165, 1.54) is 0 Å². The minimum Gasteiger partial charge on any atom is -0.465 e.